The van der Waals surface area contributed by atoms with Gasteiger partial charge in [0.2, 0.25) is 0 Å². The van der Waals surface area contributed by atoms with Crippen molar-refractivity contribution in [2.24, 2.45) is 0 Å². The predicted molar refractivity (Wildman–Crippen MR) is 52.4 cm³/mol. The minimum Gasteiger partial charge on any atom is -0.388 e. The average Bonchev–Trinajstić information content (AvgIpc) is 2.14. The van der Waals surface area contributed by atoms with Gasteiger partial charge in [0.05, 0.1) is 11.9 Å². The van der Waals surface area contributed by atoms with E-state index in [4.69, 9.17) is 4.55 Å². The molecule has 0 saturated heterocycles. The Bertz CT molecular complexity index is 371. The van der Waals surface area contributed by atoms with Crippen molar-refractivity contribution in [2.75, 3.05) is 5.75 Å². The molecule has 1 aromatic rings. The summed E-state index contributed by atoms with van der Waals surface area (Å²) in [6.45, 7) is 0. The monoisotopic (exact) mass is 216 g/mol. The molecule has 0 aliphatic rings. The molecule has 0 radical (unpaired) electrons. The van der Waals surface area contributed by atoms with Gasteiger partial charge in [0.1, 0.15) is 0 Å². The Morgan fingerprint density at radius 1 is 1.21 bits per heavy atom. The van der Waals surface area contributed by atoms with Crippen molar-refractivity contribution in [3.63, 3.8) is 0 Å². The van der Waals surface area contributed by atoms with Crippen LogP contribution in [0.4, 0.5) is 0 Å². The van der Waals surface area contributed by atoms with E-state index in [2.05, 4.69) is 0 Å². The first kappa shape index (κ1) is 11.2. The highest BCUT2D eigenvalue weighted by molar-refractivity contribution is 7.85. The van der Waals surface area contributed by atoms with Gasteiger partial charge >= 0.3 is 0 Å². The van der Waals surface area contributed by atoms with E-state index in [1.807, 2.05) is 0 Å². The van der Waals surface area contributed by atoms with Gasteiger partial charge in [-0.1, -0.05) is 30.3 Å². The molecule has 0 heterocycles. The Hall–Kier alpha value is -0.910. The summed E-state index contributed by atoms with van der Waals surface area (Å²) < 4.78 is 29.3. The number of rotatable bonds is 4. The fraction of sp³-hybridized carbons (Fsp3) is 0.333. The van der Waals surface area contributed by atoms with E-state index >= 15 is 0 Å². The average molecular weight is 216 g/mol. The fourth-order valence-electron chi connectivity index (χ4n) is 1.10. The third-order valence-corrected chi connectivity index (χ3v) is 2.59. The summed E-state index contributed by atoms with van der Waals surface area (Å²) in [4.78, 5) is 0. The van der Waals surface area contributed by atoms with Crippen LogP contribution in [0.2, 0.25) is 0 Å². The normalized spacial score (nSPS) is 13.9. The fourth-order valence-corrected chi connectivity index (χ4v) is 1.62. The van der Waals surface area contributed by atoms with Crippen LogP contribution in [0.5, 0.6) is 0 Å². The van der Waals surface area contributed by atoms with Gasteiger partial charge in [-0.3, -0.25) is 4.55 Å². The maximum Gasteiger partial charge on any atom is 0.264 e. The Morgan fingerprint density at radius 2 is 1.79 bits per heavy atom. The van der Waals surface area contributed by atoms with E-state index in [0.29, 0.717) is 5.56 Å². The van der Waals surface area contributed by atoms with Crippen molar-refractivity contribution in [1.29, 1.82) is 0 Å². The van der Waals surface area contributed by atoms with Crippen LogP contribution < -0.4 is 0 Å². The second kappa shape index (κ2) is 4.54. The highest BCUT2D eigenvalue weighted by Crippen LogP contribution is 2.16. The number of hydrogen-bond donors (Lipinski definition) is 2. The molecule has 14 heavy (non-hydrogen) atoms. The molecule has 5 heteroatoms. The summed E-state index contributed by atoms with van der Waals surface area (Å²) >= 11 is 0. The molecule has 1 unspecified atom stereocenters. The molecular weight excluding hydrogens is 204 g/mol. The topological polar surface area (TPSA) is 74.6 Å². The molecule has 2 N–H and O–H groups in total. The maximum atomic E-state index is 10.4. The van der Waals surface area contributed by atoms with Gasteiger partial charge in [0.25, 0.3) is 10.1 Å². The predicted octanol–water partition coefficient (Wildman–Crippen LogP) is 0.998. The van der Waals surface area contributed by atoms with Gasteiger partial charge in [-0.05, 0) is 12.0 Å². The Kier molecular flexibility index (Phi) is 3.62. The van der Waals surface area contributed by atoms with Crippen molar-refractivity contribution < 1.29 is 18.1 Å². The molecule has 1 atom stereocenters. The first-order chi connectivity index (χ1) is 6.49. The molecule has 1 rings (SSSR count). The summed E-state index contributed by atoms with van der Waals surface area (Å²) in [5.74, 6) is -0.428. The maximum absolute atomic E-state index is 10.4. The van der Waals surface area contributed by atoms with Crippen LogP contribution in [0.15, 0.2) is 30.3 Å². The largest absolute Gasteiger partial charge is 0.388 e. The van der Waals surface area contributed by atoms with Crippen LogP contribution in [-0.4, -0.2) is 23.8 Å². The Morgan fingerprint density at radius 3 is 2.29 bits per heavy atom. The summed E-state index contributed by atoms with van der Waals surface area (Å²) in [5, 5.41) is 9.51. The smallest absolute Gasteiger partial charge is 0.264 e. The van der Waals surface area contributed by atoms with Gasteiger partial charge in [-0.25, -0.2) is 0 Å². The lowest BCUT2D eigenvalue weighted by molar-refractivity contribution is 0.173. The molecule has 1 aromatic carbocycles. The Balaban J connectivity index is 2.56. The molecule has 78 valence electrons. The molecule has 0 amide bonds. The zero-order chi connectivity index (χ0) is 10.6. The molecule has 0 saturated carbocycles. The van der Waals surface area contributed by atoms with Gasteiger partial charge in [-0.15, -0.1) is 0 Å². The van der Waals surface area contributed by atoms with E-state index in [1.165, 1.54) is 0 Å². The first-order valence-corrected chi connectivity index (χ1v) is 5.78. The molecule has 0 fully saturated rings. The lowest BCUT2D eigenvalue weighted by Crippen LogP contribution is -2.08. The first-order valence-electron chi connectivity index (χ1n) is 4.17. The Labute approximate surface area is 82.9 Å². The van der Waals surface area contributed by atoms with E-state index in [-0.39, 0.29) is 6.42 Å². The van der Waals surface area contributed by atoms with Crippen molar-refractivity contribution in [2.45, 2.75) is 12.5 Å². The summed E-state index contributed by atoms with van der Waals surface area (Å²) in [7, 11) is -3.99. The second-order valence-corrected chi connectivity index (χ2v) is 4.57. The van der Waals surface area contributed by atoms with Crippen molar-refractivity contribution in [3.8, 4) is 0 Å². The minimum absolute atomic E-state index is 0.00282. The van der Waals surface area contributed by atoms with Gasteiger partial charge in [-0.2, -0.15) is 8.42 Å². The van der Waals surface area contributed by atoms with Gasteiger partial charge in [0, 0.05) is 0 Å². The molecule has 0 bridgehead atoms. The lowest BCUT2D eigenvalue weighted by Gasteiger charge is -2.08. The molecule has 0 aliphatic heterocycles. The number of aliphatic hydroxyl groups excluding tert-OH is 1. The summed E-state index contributed by atoms with van der Waals surface area (Å²) in [6.07, 6.45) is -0.846. The van der Waals surface area contributed by atoms with Crippen LogP contribution in [0.25, 0.3) is 0 Å². The van der Waals surface area contributed by atoms with Crippen molar-refractivity contribution in [1.82, 2.24) is 0 Å². The highest BCUT2D eigenvalue weighted by Gasteiger charge is 2.11. The number of aliphatic hydroxyl groups is 1. The van der Waals surface area contributed by atoms with Crippen molar-refractivity contribution >= 4 is 10.1 Å². The van der Waals surface area contributed by atoms with Gasteiger partial charge < -0.3 is 5.11 Å². The summed E-state index contributed by atoms with van der Waals surface area (Å²) in [5.41, 5.74) is 0.649. The molecule has 4 nitrogen and oxygen atoms in total. The van der Waals surface area contributed by atoms with Gasteiger partial charge in [0.15, 0.2) is 0 Å². The van der Waals surface area contributed by atoms with Crippen LogP contribution >= 0.6 is 0 Å². The molecule has 0 aliphatic carbocycles. The van der Waals surface area contributed by atoms with E-state index in [1.54, 1.807) is 30.3 Å². The zero-order valence-electron chi connectivity index (χ0n) is 7.50. The second-order valence-electron chi connectivity index (χ2n) is 3.00. The zero-order valence-corrected chi connectivity index (χ0v) is 8.31. The van der Waals surface area contributed by atoms with Crippen molar-refractivity contribution in [3.05, 3.63) is 35.9 Å². The quantitative estimate of drug-likeness (QED) is 0.736. The van der Waals surface area contributed by atoms with E-state index in [9.17, 15) is 13.5 Å². The molecular formula is C9H12O4S. The number of hydrogen-bond acceptors (Lipinski definition) is 3. The van der Waals surface area contributed by atoms with Crippen LogP contribution in [-0.2, 0) is 10.1 Å². The van der Waals surface area contributed by atoms with Crippen LogP contribution in [0, 0.1) is 0 Å². The third-order valence-electron chi connectivity index (χ3n) is 1.83. The third kappa shape index (κ3) is 3.87. The summed E-state index contributed by atoms with van der Waals surface area (Å²) in [6, 6.07) is 8.72. The molecule has 0 spiro atoms. The van der Waals surface area contributed by atoms with E-state index < -0.39 is 22.0 Å². The van der Waals surface area contributed by atoms with E-state index in [0.717, 1.165) is 0 Å². The SMILES string of the molecule is O=S(=O)(O)CCC(O)c1ccccc1. The molecule has 0 aromatic heterocycles. The minimum atomic E-state index is -3.99. The van der Waals surface area contributed by atoms with Crippen LogP contribution in [0.3, 0.4) is 0 Å². The lowest BCUT2D eigenvalue weighted by atomic mass is 10.1. The standard InChI is InChI=1S/C9H12O4S/c10-9(6-7-14(11,12)13)8-4-2-1-3-5-8/h1-5,9-10H,6-7H2,(H,11,12,13). The highest BCUT2D eigenvalue weighted by atomic mass is 32.2. The van der Waals surface area contributed by atoms with Crippen LogP contribution in [0.1, 0.15) is 18.1 Å². The number of benzene rings is 1.